The van der Waals surface area contributed by atoms with Crippen molar-refractivity contribution in [1.29, 1.82) is 0 Å². The Balaban J connectivity index is 1.40. The van der Waals surface area contributed by atoms with Crippen molar-refractivity contribution in [2.75, 3.05) is 10.6 Å². The van der Waals surface area contributed by atoms with Crippen molar-refractivity contribution in [2.24, 2.45) is 7.05 Å². The monoisotopic (exact) mass is 506 g/mol. The highest BCUT2D eigenvalue weighted by atomic mass is 35.5. The summed E-state index contributed by atoms with van der Waals surface area (Å²) in [7, 11) is 1.72. The fourth-order valence-corrected chi connectivity index (χ4v) is 4.25. The number of carbonyl (C=O) groups is 2. The topological polar surface area (TPSA) is 101 Å². The molecule has 182 valence electrons. The number of hydrogen-bond acceptors (Lipinski definition) is 4. The smallest absolute Gasteiger partial charge is 0.321 e. The highest BCUT2D eigenvalue weighted by Gasteiger charge is 2.41. The van der Waals surface area contributed by atoms with E-state index in [-0.39, 0.29) is 17.8 Å². The Labute approximate surface area is 209 Å². The molecule has 0 aliphatic carbocycles. The second-order valence-corrected chi connectivity index (χ2v) is 8.64. The standard InChI is InChI=1S/C25H20ClFN6O3/c1-31-21-14-33(25(36)29-16-7-5-15(26)6-8-16)23(18(21)13-28-31)24(35)30-20-10-9-17(12-19(20)27)32-11-3-2-4-22(32)34/h2-13,23H,14H2,1H3,(H,29,36)(H,30,35). The van der Waals surface area contributed by atoms with Gasteiger partial charge in [-0.25, -0.2) is 9.18 Å². The first-order valence-electron chi connectivity index (χ1n) is 10.9. The second kappa shape index (κ2) is 9.31. The van der Waals surface area contributed by atoms with Gasteiger partial charge in [0.2, 0.25) is 0 Å². The van der Waals surface area contributed by atoms with Crippen LogP contribution in [0, 0.1) is 5.82 Å². The maximum Gasteiger partial charge on any atom is 0.323 e. The van der Waals surface area contributed by atoms with E-state index in [0.717, 1.165) is 6.07 Å². The molecule has 3 amide bonds. The summed E-state index contributed by atoms with van der Waals surface area (Å²) in [6.45, 7) is 0.141. The van der Waals surface area contributed by atoms with Gasteiger partial charge in [-0.1, -0.05) is 17.7 Å². The first kappa shape index (κ1) is 23.3. The van der Waals surface area contributed by atoms with Crippen molar-refractivity contribution < 1.29 is 14.0 Å². The minimum absolute atomic E-state index is 0.0804. The number of nitrogens with zero attached hydrogens (tertiary/aromatic N) is 4. The number of halogens is 2. The van der Waals surface area contributed by atoms with Crippen LogP contribution in [0.25, 0.3) is 5.69 Å². The van der Waals surface area contributed by atoms with E-state index in [1.165, 1.54) is 40.1 Å². The third kappa shape index (κ3) is 4.34. The predicted octanol–water partition coefficient (Wildman–Crippen LogP) is 4.09. The third-order valence-corrected chi connectivity index (χ3v) is 6.19. The van der Waals surface area contributed by atoms with Crippen molar-refractivity contribution in [3.63, 3.8) is 0 Å². The molecule has 0 spiro atoms. The van der Waals surface area contributed by atoms with Gasteiger partial charge < -0.3 is 15.5 Å². The molecule has 11 heteroatoms. The lowest BCUT2D eigenvalue weighted by molar-refractivity contribution is -0.120. The zero-order valence-electron chi connectivity index (χ0n) is 19.0. The molecule has 5 rings (SSSR count). The van der Waals surface area contributed by atoms with Gasteiger partial charge in [0, 0.05) is 41.7 Å². The largest absolute Gasteiger partial charge is 0.323 e. The van der Waals surface area contributed by atoms with E-state index in [9.17, 15) is 18.8 Å². The summed E-state index contributed by atoms with van der Waals surface area (Å²) in [4.78, 5) is 39.9. The second-order valence-electron chi connectivity index (χ2n) is 8.20. The quantitative estimate of drug-likeness (QED) is 0.435. The van der Waals surface area contributed by atoms with Gasteiger partial charge in [-0.05, 0) is 42.5 Å². The van der Waals surface area contributed by atoms with Gasteiger partial charge in [0.1, 0.15) is 11.9 Å². The SMILES string of the molecule is Cn1ncc2c1CN(C(=O)Nc1ccc(Cl)cc1)C2C(=O)Nc1ccc(-n2ccccc2=O)cc1F. The number of rotatable bonds is 4. The molecule has 1 atom stereocenters. The Morgan fingerprint density at radius 3 is 2.58 bits per heavy atom. The number of aryl methyl sites for hydroxylation is 1. The van der Waals surface area contributed by atoms with Gasteiger partial charge in [-0.3, -0.25) is 18.8 Å². The van der Waals surface area contributed by atoms with Gasteiger partial charge >= 0.3 is 6.03 Å². The highest BCUT2D eigenvalue weighted by molar-refractivity contribution is 6.30. The fourth-order valence-electron chi connectivity index (χ4n) is 4.12. The summed E-state index contributed by atoms with van der Waals surface area (Å²) < 4.78 is 17.8. The Morgan fingerprint density at radius 1 is 1.08 bits per heavy atom. The van der Waals surface area contributed by atoms with Crippen LogP contribution in [0.4, 0.5) is 20.6 Å². The van der Waals surface area contributed by atoms with E-state index in [2.05, 4.69) is 15.7 Å². The van der Waals surface area contributed by atoms with Gasteiger partial charge in [0.25, 0.3) is 11.5 Å². The summed E-state index contributed by atoms with van der Waals surface area (Å²) in [5.74, 6) is -1.32. The van der Waals surface area contributed by atoms with Gasteiger partial charge in [-0.15, -0.1) is 0 Å². The van der Waals surface area contributed by atoms with Crippen molar-refractivity contribution in [1.82, 2.24) is 19.2 Å². The Hall–Kier alpha value is -4.44. The van der Waals surface area contributed by atoms with E-state index in [4.69, 9.17) is 11.6 Å². The zero-order valence-corrected chi connectivity index (χ0v) is 19.7. The maximum atomic E-state index is 14.9. The summed E-state index contributed by atoms with van der Waals surface area (Å²) in [5.41, 5.74) is 1.68. The van der Waals surface area contributed by atoms with Crippen LogP contribution in [0.1, 0.15) is 17.3 Å². The van der Waals surface area contributed by atoms with Crippen LogP contribution >= 0.6 is 11.6 Å². The number of nitrogens with one attached hydrogen (secondary N) is 2. The number of fused-ring (bicyclic) bond motifs is 1. The van der Waals surface area contributed by atoms with E-state index in [1.807, 2.05) is 0 Å². The van der Waals surface area contributed by atoms with Crippen LogP contribution < -0.4 is 16.2 Å². The molecule has 9 nitrogen and oxygen atoms in total. The molecule has 1 aliphatic heterocycles. The molecule has 0 fully saturated rings. The number of pyridine rings is 1. The van der Waals surface area contributed by atoms with Crippen LogP contribution in [0.5, 0.6) is 0 Å². The molecule has 1 aliphatic rings. The maximum absolute atomic E-state index is 14.9. The fraction of sp³-hybridized carbons (Fsp3) is 0.120. The van der Waals surface area contributed by atoms with E-state index >= 15 is 0 Å². The number of aromatic nitrogens is 3. The summed E-state index contributed by atoms with van der Waals surface area (Å²) in [6.07, 6.45) is 3.05. The average molecular weight is 507 g/mol. The Bertz CT molecular complexity index is 1530. The highest BCUT2D eigenvalue weighted by Crippen LogP contribution is 2.35. The van der Waals surface area contributed by atoms with E-state index in [0.29, 0.717) is 27.7 Å². The molecule has 2 aromatic heterocycles. The third-order valence-electron chi connectivity index (χ3n) is 5.94. The van der Waals surface area contributed by atoms with Gasteiger partial charge in [-0.2, -0.15) is 5.10 Å². The lowest BCUT2D eigenvalue weighted by atomic mass is 10.1. The molecular formula is C25H20ClFN6O3. The van der Waals surface area contributed by atoms with Crippen molar-refractivity contribution in [2.45, 2.75) is 12.6 Å². The molecular weight excluding hydrogens is 487 g/mol. The van der Waals surface area contributed by atoms with E-state index in [1.54, 1.807) is 48.1 Å². The molecule has 1 unspecified atom stereocenters. The van der Waals surface area contributed by atoms with Crippen LogP contribution in [0.3, 0.4) is 0 Å². The lowest BCUT2D eigenvalue weighted by Crippen LogP contribution is -2.39. The number of anilines is 2. The normalized spacial score (nSPS) is 14.4. The molecule has 4 aromatic rings. The first-order valence-corrected chi connectivity index (χ1v) is 11.3. The minimum atomic E-state index is -1.03. The molecule has 0 radical (unpaired) electrons. The van der Waals surface area contributed by atoms with Gasteiger partial charge in [0.15, 0.2) is 0 Å². The molecule has 2 aromatic carbocycles. The summed E-state index contributed by atoms with van der Waals surface area (Å²) >= 11 is 5.91. The van der Waals surface area contributed by atoms with Gasteiger partial charge in [0.05, 0.1) is 29.8 Å². The van der Waals surface area contributed by atoms with Crippen molar-refractivity contribution in [3.05, 3.63) is 106 Å². The number of carbonyl (C=O) groups excluding carboxylic acids is 2. The molecule has 0 saturated carbocycles. The summed E-state index contributed by atoms with van der Waals surface area (Å²) in [6, 6.07) is 13.7. The van der Waals surface area contributed by atoms with Crippen LogP contribution in [-0.2, 0) is 18.4 Å². The number of amides is 3. The number of hydrogen-bond donors (Lipinski definition) is 2. The minimum Gasteiger partial charge on any atom is -0.321 e. The van der Waals surface area contributed by atoms with Crippen LogP contribution in [0.2, 0.25) is 5.02 Å². The first-order chi connectivity index (χ1) is 17.3. The molecule has 3 heterocycles. The number of benzene rings is 2. The summed E-state index contributed by atoms with van der Waals surface area (Å²) in [5, 5.41) is 10.0. The average Bonchev–Trinajstić information content (AvgIpc) is 3.42. The van der Waals surface area contributed by atoms with Crippen molar-refractivity contribution >= 4 is 34.9 Å². The lowest BCUT2D eigenvalue weighted by Gasteiger charge is -2.25. The molecule has 2 N–H and O–H groups in total. The van der Waals surface area contributed by atoms with E-state index < -0.39 is 23.8 Å². The zero-order chi connectivity index (χ0) is 25.4. The molecule has 36 heavy (non-hydrogen) atoms. The Morgan fingerprint density at radius 2 is 1.86 bits per heavy atom. The predicted molar refractivity (Wildman–Crippen MR) is 133 cm³/mol. The van der Waals surface area contributed by atoms with Crippen molar-refractivity contribution in [3.8, 4) is 5.69 Å². The van der Waals surface area contributed by atoms with Crippen LogP contribution in [0.15, 0.2) is 77.9 Å². The molecule has 0 bridgehead atoms. The number of urea groups is 1. The Kier molecular flexibility index (Phi) is 6.03. The molecule has 0 saturated heterocycles. The van der Waals surface area contributed by atoms with Crippen LogP contribution in [-0.4, -0.2) is 31.2 Å².